The first kappa shape index (κ1) is 22.6. The number of hydrogen-bond acceptors (Lipinski definition) is 3. The third-order valence-corrected chi connectivity index (χ3v) is 5.50. The van der Waals surface area contributed by atoms with E-state index in [2.05, 4.69) is 31.2 Å². The maximum Gasteiger partial charge on any atom is 0.333 e. The van der Waals surface area contributed by atoms with Gasteiger partial charge in [-0.15, -0.1) is 0 Å². The van der Waals surface area contributed by atoms with Crippen LogP contribution in [0.25, 0.3) is 0 Å². The molecule has 4 nitrogen and oxygen atoms in total. The zero-order chi connectivity index (χ0) is 19.6. The van der Waals surface area contributed by atoms with Crippen LogP contribution in [0.15, 0.2) is 24.3 Å². The summed E-state index contributed by atoms with van der Waals surface area (Å²) in [4.78, 5) is 23.1. The third kappa shape index (κ3) is 7.45. The lowest BCUT2D eigenvalue weighted by molar-refractivity contribution is -0.153. The van der Waals surface area contributed by atoms with Crippen LogP contribution in [0.3, 0.4) is 0 Å². The summed E-state index contributed by atoms with van der Waals surface area (Å²) in [7, 11) is 0. The number of unbranched alkanes of at least 4 members (excludes halogenated alkanes) is 2. The van der Waals surface area contributed by atoms with E-state index in [1.54, 1.807) is 13.8 Å². The molecule has 1 rings (SSSR count). The first-order valence-electron chi connectivity index (χ1n) is 10.0. The molecular weight excluding hydrogens is 328 g/mol. The van der Waals surface area contributed by atoms with Crippen molar-refractivity contribution in [3.63, 3.8) is 0 Å². The molecule has 0 aromatic rings. The predicted molar refractivity (Wildman–Crippen MR) is 105 cm³/mol. The van der Waals surface area contributed by atoms with Crippen molar-refractivity contribution in [3.05, 3.63) is 24.3 Å². The van der Waals surface area contributed by atoms with Crippen LogP contribution in [-0.4, -0.2) is 28.1 Å². The highest BCUT2D eigenvalue weighted by atomic mass is 16.4. The Hall–Kier alpha value is -1.42. The molecule has 4 heteroatoms. The van der Waals surface area contributed by atoms with Gasteiger partial charge < -0.3 is 10.2 Å². The van der Waals surface area contributed by atoms with Crippen molar-refractivity contribution >= 4 is 11.8 Å². The van der Waals surface area contributed by atoms with Crippen LogP contribution in [0.2, 0.25) is 0 Å². The number of rotatable bonds is 12. The quantitative estimate of drug-likeness (QED) is 0.381. The van der Waals surface area contributed by atoms with Crippen molar-refractivity contribution in [3.8, 4) is 0 Å². The number of aliphatic hydroxyl groups excluding tert-OH is 1. The minimum absolute atomic E-state index is 0.116. The summed E-state index contributed by atoms with van der Waals surface area (Å²) in [5, 5.41) is 18.7. The second kappa shape index (κ2) is 11.3. The van der Waals surface area contributed by atoms with Gasteiger partial charge in [-0.1, -0.05) is 57.9 Å². The lowest BCUT2D eigenvalue weighted by Crippen LogP contribution is -2.36. The van der Waals surface area contributed by atoms with Gasteiger partial charge in [-0.3, -0.25) is 4.79 Å². The van der Waals surface area contributed by atoms with E-state index in [1.807, 2.05) is 0 Å². The Labute approximate surface area is 158 Å². The van der Waals surface area contributed by atoms with Crippen molar-refractivity contribution in [2.24, 2.45) is 17.3 Å². The topological polar surface area (TPSA) is 74.6 Å². The van der Waals surface area contributed by atoms with Gasteiger partial charge in [-0.05, 0) is 44.4 Å². The molecule has 26 heavy (non-hydrogen) atoms. The number of Topliss-reactive ketones (excluding diaryl/α,β-unsaturated/α-hetero) is 1. The van der Waals surface area contributed by atoms with E-state index >= 15 is 0 Å². The Kier molecular flexibility index (Phi) is 9.85. The van der Waals surface area contributed by atoms with Crippen LogP contribution in [0, 0.1) is 17.3 Å². The lowest BCUT2D eigenvalue weighted by atomic mass is 9.80. The van der Waals surface area contributed by atoms with Crippen LogP contribution < -0.4 is 0 Å². The summed E-state index contributed by atoms with van der Waals surface area (Å²) in [6.07, 6.45) is 15.5. The molecule has 148 valence electrons. The summed E-state index contributed by atoms with van der Waals surface area (Å²) in [6.45, 7) is 5.70. The van der Waals surface area contributed by atoms with Gasteiger partial charge in [0.25, 0.3) is 0 Å². The minimum atomic E-state index is -1.34. The maximum absolute atomic E-state index is 12.2. The van der Waals surface area contributed by atoms with Gasteiger partial charge in [-0.2, -0.15) is 0 Å². The molecule has 0 bridgehead atoms. The average molecular weight is 365 g/mol. The summed E-state index contributed by atoms with van der Waals surface area (Å²) in [6, 6.07) is 0. The molecule has 0 aromatic carbocycles. The van der Waals surface area contributed by atoms with Crippen molar-refractivity contribution in [2.45, 2.75) is 84.7 Å². The Balaban J connectivity index is 2.39. The van der Waals surface area contributed by atoms with Gasteiger partial charge >= 0.3 is 5.97 Å². The molecule has 0 spiro atoms. The molecule has 1 aliphatic rings. The predicted octanol–water partition coefficient (Wildman–Crippen LogP) is 4.92. The number of carbonyl (C=O) groups is 2. The van der Waals surface area contributed by atoms with Gasteiger partial charge in [0.2, 0.25) is 0 Å². The second-order valence-corrected chi connectivity index (χ2v) is 8.14. The Morgan fingerprint density at radius 1 is 1.23 bits per heavy atom. The van der Waals surface area contributed by atoms with E-state index in [-0.39, 0.29) is 5.92 Å². The second-order valence-electron chi connectivity index (χ2n) is 8.14. The van der Waals surface area contributed by atoms with Crippen molar-refractivity contribution in [2.75, 3.05) is 0 Å². The first-order chi connectivity index (χ1) is 12.3. The maximum atomic E-state index is 12.2. The smallest absolute Gasteiger partial charge is 0.333 e. The largest absolute Gasteiger partial charge is 0.479 e. The molecule has 1 unspecified atom stereocenters. The summed E-state index contributed by atoms with van der Waals surface area (Å²) < 4.78 is 0. The number of carboxylic acid groups (broad SMARTS) is 1. The van der Waals surface area contributed by atoms with Gasteiger partial charge in [0, 0.05) is 17.8 Å². The van der Waals surface area contributed by atoms with E-state index in [0.717, 1.165) is 44.9 Å². The van der Waals surface area contributed by atoms with Gasteiger partial charge in [-0.25, -0.2) is 4.79 Å². The summed E-state index contributed by atoms with van der Waals surface area (Å²) in [5.41, 5.74) is -0.642. The summed E-state index contributed by atoms with van der Waals surface area (Å²) in [5.74, 6) is -0.324. The van der Waals surface area contributed by atoms with Crippen molar-refractivity contribution < 1.29 is 19.8 Å². The first-order valence-corrected chi connectivity index (χ1v) is 10.0. The molecule has 2 N–H and O–H groups in total. The van der Waals surface area contributed by atoms with Crippen LogP contribution in [0.1, 0.15) is 78.6 Å². The number of carboxylic acids is 1. The number of carbonyl (C=O) groups excluding carboxylic acids is 1. The Bertz CT molecular complexity index is 504. The average Bonchev–Trinajstić information content (AvgIpc) is 2.94. The van der Waals surface area contributed by atoms with Crippen LogP contribution in [-0.2, 0) is 9.59 Å². The zero-order valence-corrected chi connectivity index (χ0v) is 16.6. The fourth-order valence-corrected chi connectivity index (χ4v) is 3.70. The van der Waals surface area contributed by atoms with E-state index in [4.69, 9.17) is 5.11 Å². The molecule has 0 aromatic heterocycles. The SMILES string of the molecule is CCC=CCCC=C[C@H]1CCC(=O)[C@@H]1CCCCC(C)(C)C(O)C(=O)O. The number of aliphatic carboxylic acids is 1. The third-order valence-electron chi connectivity index (χ3n) is 5.50. The van der Waals surface area contributed by atoms with Crippen molar-refractivity contribution in [1.82, 2.24) is 0 Å². The number of allylic oxidation sites excluding steroid dienone is 4. The lowest BCUT2D eigenvalue weighted by Gasteiger charge is -2.27. The number of ketones is 1. The molecule has 0 saturated heterocycles. The molecule has 0 radical (unpaired) electrons. The standard InChI is InChI=1S/C22H36O4/c1-4-5-6-7-8-9-12-17-14-15-19(23)18(17)13-10-11-16-22(2,3)20(24)21(25)26/h5-6,9,12,17-18,20,24H,4,7-8,10-11,13-16H2,1-3H3,(H,25,26)/t17-,18+,20?/m0/s1. The van der Waals surface area contributed by atoms with E-state index in [1.165, 1.54) is 0 Å². The van der Waals surface area contributed by atoms with Crippen LogP contribution in [0.5, 0.6) is 0 Å². The zero-order valence-electron chi connectivity index (χ0n) is 16.6. The Morgan fingerprint density at radius 3 is 2.58 bits per heavy atom. The van der Waals surface area contributed by atoms with E-state index in [0.29, 0.717) is 24.5 Å². The van der Waals surface area contributed by atoms with E-state index < -0.39 is 17.5 Å². The Morgan fingerprint density at radius 2 is 1.92 bits per heavy atom. The van der Waals surface area contributed by atoms with Crippen LogP contribution >= 0.6 is 0 Å². The molecule has 0 aliphatic heterocycles. The fraction of sp³-hybridized carbons (Fsp3) is 0.727. The molecule has 3 atom stereocenters. The highest BCUT2D eigenvalue weighted by Gasteiger charge is 2.34. The van der Waals surface area contributed by atoms with Gasteiger partial charge in [0.1, 0.15) is 5.78 Å². The summed E-state index contributed by atoms with van der Waals surface area (Å²) >= 11 is 0. The molecular formula is C22H36O4. The minimum Gasteiger partial charge on any atom is -0.479 e. The molecule has 1 fully saturated rings. The molecule has 0 heterocycles. The normalized spacial score (nSPS) is 22.5. The van der Waals surface area contributed by atoms with Gasteiger partial charge in [0.05, 0.1) is 0 Å². The monoisotopic (exact) mass is 364 g/mol. The molecule has 1 aliphatic carbocycles. The highest BCUT2D eigenvalue weighted by Crippen LogP contribution is 2.35. The fourth-order valence-electron chi connectivity index (χ4n) is 3.70. The molecule has 0 amide bonds. The van der Waals surface area contributed by atoms with Gasteiger partial charge in [0.15, 0.2) is 6.10 Å². The highest BCUT2D eigenvalue weighted by molar-refractivity contribution is 5.83. The van der Waals surface area contributed by atoms with Crippen LogP contribution in [0.4, 0.5) is 0 Å². The number of hydrogen-bond donors (Lipinski definition) is 2. The molecule has 1 saturated carbocycles. The van der Waals surface area contributed by atoms with E-state index in [9.17, 15) is 14.7 Å². The van der Waals surface area contributed by atoms with Crippen molar-refractivity contribution in [1.29, 1.82) is 0 Å². The number of aliphatic hydroxyl groups is 1.